The van der Waals surface area contributed by atoms with Crippen LogP contribution in [0.2, 0.25) is 0 Å². The van der Waals surface area contributed by atoms with Crippen molar-refractivity contribution in [1.82, 2.24) is 4.40 Å². The van der Waals surface area contributed by atoms with Gasteiger partial charge in [0, 0.05) is 17.3 Å². The molecule has 0 radical (unpaired) electrons. The van der Waals surface area contributed by atoms with E-state index in [4.69, 9.17) is 11.6 Å². The molecule has 0 aliphatic rings. The van der Waals surface area contributed by atoms with E-state index >= 15 is 0 Å². The summed E-state index contributed by atoms with van der Waals surface area (Å²) in [6.45, 7) is 1.99. The lowest BCUT2D eigenvalue weighted by atomic mass is 10.0. The SMILES string of the molecule is Cc1ccc(-c2cc3ccccn3c2C(=O)C(=O)Cl)cc1. The molecular formula is C17H12ClNO2. The fourth-order valence-corrected chi connectivity index (χ4v) is 2.49. The molecule has 0 unspecified atom stereocenters. The van der Waals surface area contributed by atoms with Crippen LogP contribution in [-0.4, -0.2) is 15.4 Å². The van der Waals surface area contributed by atoms with Crippen LogP contribution in [0.3, 0.4) is 0 Å². The third-order valence-electron chi connectivity index (χ3n) is 3.44. The third kappa shape index (κ3) is 2.36. The number of Topliss-reactive ketones (excluding diaryl/α,β-unsaturated/α-hetero) is 1. The second-order valence-corrected chi connectivity index (χ2v) is 5.21. The number of carbonyl (C=O) groups excluding carboxylic acids is 2. The largest absolute Gasteiger partial charge is 0.313 e. The maximum atomic E-state index is 12.2. The van der Waals surface area contributed by atoms with Gasteiger partial charge in [0.2, 0.25) is 0 Å². The van der Waals surface area contributed by atoms with Gasteiger partial charge in [0.15, 0.2) is 0 Å². The summed E-state index contributed by atoms with van der Waals surface area (Å²) in [6.07, 6.45) is 1.75. The van der Waals surface area contributed by atoms with Crippen molar-refractivity contribution in [3.8, 4) is 11.1 Å². The van der Waals surface area contributed by atoms with E-state index in [0.717, 1.165) is 16.6 Å². The quantitative estimate of drug-likeness (QED) is 0.418. The number of aromatic nitrogens is 1. The minimum atomic E-state index is -0.979. The predicted octanol–water partition coefficient (Wildman–Crippen LogP) is 3.86. The molecule has 0 spiro atoms. The number of ketones is 1. The van der Waals surface area contributed by atoms with Crippen LogP contribution in [0.1, 0.15) is 16.1 Å². The summed E-state index contributed by atoms with van der Waals surface area (Å²) in [5, 5.41) is -0.979. The number of fused-ring (bicyclic) bond motifs is 1. The van der Waals surface area contributed by atoms with Gasteiger partial charge >= 0.3 is 0 Å². The maximum Gasteiger partial charge on any atom is 0.294 e. The maximum absolute atomic E-state index is 12.2. The Morgan fingerprint density at radius 3 is 2.43 bits per heavy atom. The number of halogens is 1. The smallest absolute Gasteiger partial charge is 0.294 e. The summed E-state index contributed by atoms with van der Waals surface area (Å²) in [6, 6.07) is 15.2. The minimum absolute atomic E-state index is 0.300. The average Bonchev–Trinajstić information content (AvgIpc) is 2.86. The molecule has 3 nitrogen and oxygen atoms in total. The summed E-state index contributed by atoms with van der Waals surface area (Å²) in [5.74, 6) is -0.696. The van der Waals surface area contributed by atoms with Gasteiger partial charge in [0.25, 0.3) is 11.0 Å². The molecule has 0 saturated carbocycles. The highest BCUT2D eigenvalue weighted by molar-refractivity contribution is 6.83. The number of carbonyl (C=O) groups is 2. The van der Waals surface area contributed by atoms with Crippen LogP contribution >= 0.6 is 11.6 Å². The van der Waals surface area contributed by atoms with Gasteiger partial charge in [-0.15, -0.1) is 0 Å². The summed E-state index contributed by atoms with van der Waals surface area (Å²) >= 11 is 5.40. The van der Waals surface area contributed by atoms with E-state index < -0.39 is 11.0 Å². The van der Waals surface area contributed by atoms with Crippen LogP contribution in [-0.2, 0) is 4.79 Å². The molecule has 3 rings (SSSR count). The van der Waals surface area contributed by atoms with Crippen LogP contribution in [0.5, 0.6) is 0 Å². The van der Waals surface area contributed by atoms with Gasteiger partial charge in [0.1, 0.15) is 5.69 Å². The Morgan fingerprint density at radius 2 is 1.76 bits per heavy atom. The van der Waals surface area contributed by atoms with E-state index in [0.29, 0.717) is 11.3 Å². The molecule has 0 aliphatic carbocycles. The van der Waals surface area contributed by atoms with Crippen LogP contribution in [0, 0.1) is 6.92 Å². The van der Waals surface area contributed by atoms with Crippen molar-refractivity contribution in [2.75, 3.05) is 0 Å². The second kappa shape index (κ2) is 5.19. The predicted molar refractivity (Wildman–Crippen MR) is 82.8 cm³/mol. The van der Waals surface area contributed by atoms with Crippen molar-refractivity contribution in [1.29, 1.82) is 0 Å². The zero-order valence-corrected chi connectivity index (χ0v) is 12.1. The third-order valence-corrected chi connectivity index (χ3v) is 3.61. The van der Waals surface area contributed by atoms with Gasteiger partial charge in [-0.1, -0.05) is 35.9 Å². The lowest BCUT2D eigenvalue weighted by Gasteiger charge is -2.04. The highest BCUT2D eigenvalue weighted by Crippen LogP contribution is 2.28. The van der Waals surface area contributed by atoms with E-state index in [1.165, 1.54) is 0 Å². The normalized spacial score (nSPS) is 10.8. The first kappa shape index (κ1) is 13.6. The zero-order chi connectivity index (χ0) is 15.0. The Bertz CT molecular complexity index is 847. The number of hydrogen-bond acceptors (Lipinski definition) is 2. The number of hydrogen-bond donors (Lipinski definition) is 0. The molecule has 0 N–H and O–H groups in total. The van der Waals surface area contributed by atoms with E-state index in [9.17, 15) is 9.59 Å². The molecule has 2 aromatic heterocycles. The van der Waals surface area contributed by atoms with Crippen LogP contribution in [0.15, 0.2) is 54.7 Å². The Morgan fingerprint density at radius 1 is 1.05 bits per heavy atom. The monoisotopic (exact) mass is 297 g/mol. The lowest BCUT2D eigenvalue weighted by molar-refractivity contribution is -0.108. The number of benzene rings is 1. The molecule has 0 amide bonds. The zero-order valence-electron chi connectivity index (χ0n) is 11.3. The highest BCUT2D eigenvalue weighted by atomic mass is 35.5. The summed E-state index contributed by atoms with van der Waals surface area (Å²) < 4.78 is 1.69. The van der Waals surface area contributed by atoms with Crippen molar-refractivity contribution >= 4 is 28.1 Å². The van der Waals surface area contributed by atoms with Crippen molar-refractivity contribution < 1.29 is 9.59 Å². The summed E-state index contributed by atoms with van der Waals surface area (Å²) in [4.78, 5) is 23.5. The van der Waals surface area contributed by atoms with Crippen LogP contribution < -0.4 is 0 Å². The summed E-state index contributed by atoms with van der Waals surface area (Å²) in [7, 11) is 0. The van der Waals surface area contributed by atoms with Crippen molar-refractivity contribution in [3.63, 3.8) is 0 Å². The molecule has 0 fully saturated rings. The highest BCUT2D eigenvalue weighted by Gasteiger charge is 2.23. The molecule has 4 heteroatoms. The number of aryl methyl sites for hydroxylation is 1. The molecule has 0 atom stereocenters. The first-order valence-corrected chi connectivity index (χ1v) is 6.87. The molecule has 104 valence electrons. The second-order valence-electron chi connectivity index (χ2n) is 4.87. The van der Waals surface area contributed by atoms with E-state index in [1.54, 1.807) is 16.7 Å². The Labute approximate surface area is 126 Å². The van der Waals surface area contributed by atoms with Crippen LogP contribution in [0.4, 0.5) is 0 Å². The van der Waals surface area contributed by atoms with Gasteiger partial charge in [-0.3, -0.25) is 9.59 Å². The topological polar surface area (TPSA) is 38.5 Å². The molecule has 21 heavy (non-hydrogen) atoms. The standard InChI is InChI=1S/C17H12ClNO2/c1-11-5-7-12(8-6-11)14-10-13-4-2-3-9-19(13)15(14)16(20)17(18)21/h2-10H,1H3. The van der Waals surface area contributed by atoms with Crippen LogP contribution in [0.25, 0.3) is 16.6 Å². The van der Waals surface area contributed by atoms with Crippen molar-refractivity contribution in [3.05, 3.63) is 66.0 Å². The lowest BCUT2D eigenvalue weighted by Crippen LogP contribution is -2.11. The van der Waals surface area contributed by atoms with E-state index in [1.807, 2.05) is 49.4 Å². The minimum Gasteiger partial charge on any atom is -0.313 e. The number of nitrogens with zero attached hydrogens (tertiary/aromatic N) is 1. The Balaban J connectivity index is 2.31. The molecule has 2 heterocycles. The van der Waals surface area contributed by atoms with Crippen molar-refractivity contribution in [2.45, 2.75) is 6.92 Å². The van der Waals surface area contributed by atoms with Gasteiger partial charge < -0.3 is 4.40 Å². The first-order chi connectivity index (χ1) is 10.1. The molecule has 3 aromatic rings. The number of rotatable bonds is 3. The van der Waals surface area contributed by atoms with Crippen molar-refractivity contribution in [2.24, 2.45) is 0 Å². The first-order valence-electron chi connectivity index (χ1n) is 6.49. The molecule has 1 aromatic carbocycles. The van der Waals surface area contributed by atoms with Gasteiger partial charge in [-0.2, -0.15) is 0 Å². The Kier molecular flexibility index (Phi) is 3.35. The van der Waals surface area contributed by atoms with Gasteiger partial charge in [-0.25, -0.2) is 0 Å². The molecule has 0 bridgehead atoms. The van der Waals surface area contributed by atoms with E-state index in [-0.39, 0.29) is 0 Å². The fraction of sp³-hybridized carbons (Fsp3) is 0.0588. The molecule has 0 saturated heterocycles. The number of pyridine rings is 1. The summed E-state index contributed by atoms with van der Waals surface area (Å²) in [5.41, 5.74) is 3.86. The average molecular weight is 298 g/mol. The van der Waals surface area contributed by atoms with E-state index in [2.05, 4.69) is 0 Å². The Hall–Kier alpha value is -2.39. The molecular weight excluding hydrogens is 286 g/mol. The molecule has 0 aliphatic heterocycles. The van der Waals surface area contributed by atoms with Gasteiger partial charge in [-0.05, 0) is 42.3 Å². The van der Waals surface area contributed by atoms with Gasteiger partial charge in [0.05, 0.1) is 0 Å². The fourth-order valence-electron chi connectivity index (χ4n) is 2.40.